The third kappa shape index (κ3) is 4.12. The monoisotopic (exact) mass is 506 g/mol. The minimum Gasteiger partial charge on any atom is -0.369 e. The number of carbonyl (C=O) groups is 1. The summed E-state index contributed by atoms with van der Waals surface area (Å²) in [5.74, 6) is -0.993. The molecular weight excluding hydrogens is 483 g/mol. The van der Waals surface area contributed by atoms with Crippen LogP contribution < -0.4 is 5.73 Å². The number of halogens is 1. The van der Waals surface area contributed by atoms with Crippen LogP contribution in [0.25, 0.3) is 11.1 Å². The largest absolute Gasteiger partial charge is 0.369 e. The molecule has 1 heterocycles. The van der Waals surface area contributed by atoms with Crippen LogP contribution in [0.4, 0.5) is 4.39 Å². The van der Waals surface area contributed by atoms with Crippen molar-refractivity contribution in [1.82, 2.24) is 4.90 Å². The van der Waals surface area contributed by atoms with Gasteiger partial charge in [-0.25, -0.2) is 9.38 Å². The lowest BCUT2D eigenvalue weighted by Gasteiger charge is -2.27. The molecule has 8 nitrogen and oxygen atoms in total. The van der Waals surface area contributed by atoms with E-state index in [4.69, 9.17) is 5.73 Å². The van der Waals surface area contributed by atoms with Crippen LogP contribution in [0.15, 0.2) is 71.7 Å². The van der Waals surface area contributed by atoms with Crippen molar-refractivity contribution in [1.29, 1.82) is 5.26 Å². The highest BCUT2D eigenvalue weighted by Gasteiger charge is 2.49. The molecule has 0 bridgehead atoms. The summed E-state index contributed by atoms with van der Waals surface area (Å²) < 4.78 is 47.8. The number of benzene rings is 3. The van der Waals surface area contributed by atoms with Crippen molar-refractivity contribution in [2.24, 2.45) is 10.7 Å². The molecule has 3 N–H and O–H groups in total. The van der Waals surface area contributed by atoms with E-state index in [0.29, 0.717) is 22.3 Å². The van der Waals surface area contributed by atoms with Gasteiger partial charge in [-0.15, -0.1) is 0 Å². The average Bonchev–Trinajstić information content (AvgIpc) is 3.09. The van der Waals surface area contributed by atoms with Crippen molar-refractivity contribution >= 4 is 22.0 Å². The van der Waals surface area contributed by atoms with E-state index in [1.54, 1.807) is 43.3 Å². The van der Waals surface area contributed by atoms with Gasteiger partial charge in [0.05, 0.1) is 11.6 Å². The van der Waals surface area contributed by atoms with Crippen LogP contribution in [0, 0.1) is 17.1 Å². The Hall–Kier alpha value is -4.07. The summed E-state index contributed by atoms with van der Waals surface area (Å²) >= 11 is 0. The Balaban J connectivity index is 1.90. The van der Waals surface area contributed by atoms with E-state index in [1.165, 1.54) is 42.3 Å². The van der Waals surface area contributed by atoms with E-state index >= 15 is 0 Å². The van der Waals surface area contributed by atoms with Crippen molar-refractivity contribution in [3.8, 4) is 17.2 Å². The number of nitriles is 1. The van der Waals surface area contributed by atoms with Crippen LogP contribution in [-0.4, -0.2) is 36.8 Å². The van der Waals surface area contributed by atoms with E-state index in [2.05, 4.69) is 4.99 Å². The highest BCUT2D eigenvalue weighted by molar-refractivity contribution is 7.86. The van der Waals surface area contributed by atoms with Gasteiger partial charge < -0.3 is 5.73 Å². The van der Waals surface area contributed by atoms with Crippen LogP contribution in [0.2, 0.25) is 0 Å². The molecule has 3 aromatic rings. The number of aliphatic imine (C=N–C) groups is 1. The van der Waals surface area contributed by atoms with Gasteiger partial charge in [0.25, 0.3) is 16.0 Å². The minimum atomic E-state index is -4.32. The molecule has 0 saturated carbocycles. The van der Waals surface area contributed by atoms with E-state index in [0.717, 1.165) is 0 Å². The molecule has 2 atom stereocenters. The molecule has 0 fully saturated rings. The Labute approximate surface area is 208 Å². The number of guanidine groups is 1. The predicted octanol–water partition coefficient (Wildman–Crippen LogP) is 3.73. The standard InChI is InChI=1S/C26H23FN4O4S/c1-3-23(36(33,34)35)17-8-10-19(11-9-17)26(24(32)31(2)25(29)30-26)20-6-4-5-18(14-20)21-13-16(15-28)7-12-22(21)27/h4-14,23H,3H2,1-2H3,(H2,29,30)(H,33,34,35). The van der Waals surface area contributed by atoms with Gasteiger partial charge in [-0.3, -0.25) is 14.2 Å². The van der Waals surface area contributed by atoms with Crippen LogP contribution >= 0.6 is 0 Å². The zero-order chi connectivity index (χ0) is 26.3. The van der Waals surface area contributed by atoms with Crippen molar-refractivity contribution in [2.45, 2.75) is 24.1 Å². The lowest BCUT2D eigenvalue weighted by Crippen LogP contribution is -2.41. The van der Waals surface area contributed by atoms with Gasteiger partial charge in [0, 0.05) is 12.6 Å². The Bertz CT molecular complexity index is 1530. The summed E-state index contributed by atoms with van der Waals surface area (Å²) in [6, 6.07) is 18.8. The molecule has 3 aromatic carbocycles. The summed E-state index contributed by atoms with van der Waals surface area (Å²) in [4.78, 5) is 19.3. The van der Waals surface area contributed by atoms with Gasteiger partial charge in [0.15, 0.2) is 11.5 Å². The Morgan fingerprint density at radius 3 is 2.39 bits per heavy atom. The lowest BCUT2D eigenvalue weighted by atomic mass is 9.81. The van der Waals surface area contributed by atoms with E-state index in [-0.39, 0.29) is 23.5 Å². The number of hydrogen-bond donors (Lipinski definition) is 2. The van der Waals surface area contributed by atoms with Crippen molar-refractivity contribution in [3.63, 3.8) is 0 Å². The van der Waals surface area contributed by atoms with Crippen LogP contribution in [0.1, 0.15) is 40.8 Å². The Morgan fingerprint density at radius 2 is 1.83 bits per heavy atom. The number of nitrogens with zero attached hydrogens (tertiary/aromatic N) is 3. The van der Waals surface area contributed by atoms with Crippen molar-refractivity contribution < 1.29 is 22.2 Å². The zero-order valence-electron chi connectivity index (χ0n) is 19.5. The number of likely N-dealkylation sites (N-methyl/N-ethyl adjacent to an activating group) is 1. The Morgan fingerprint density at radius 1 is 1.14 bits per heavy atom. The molecule has 10 heteroatoms. The third-order valence-corrected chi connectivity index (χ3v) is 7.68. The maximum atomic E-state index is 14.7. The molecular formula is C26H23FN4O4S. The first-order chi connectivity index (χ1) is 17.0. The van der Waals surface area contributed by atoms with Gasteiger partial charge in [0.2, 0.25) is 0 Å². The molecule has 1 aliphatic rings. The molecule has 0 spiro atoms. The van der Waals surface area contributed by atoms with E-state index in [9.17, 15) is 27.4 Å². The molecule has 1 aliphatic heterocycles. The summed E-state index contributed by atoms with van der Waals surface area (Å²) in [6.07, 6.45) is 0.158. The summed E-state index contributed by atoms with van der Waals surface area (Å²) in [5, 5.41) is 8.12. The van der Waals surface area contributed by atoms with E-state index < -0.39 is 32.6 Å². The molecule has 36 heavy (non-hydrogen) atoms. The average molecular weight is 507 g/mol. The highest BCUT2D eigenvalue weighted by atomic mass is 32.2. The number of amides is 1. The topological polar surface area (TPSA) is 137 Å². The second-order valence-corrected chi connectivity index (χ2v) is 10.1. The zero-order valence-corrected chi connectivity index (χ0v) is 20.3. The molecule has 0 radical (unpaired) electrons. The second kappa shape index (κ2) is 9.18. The first-order valence-electron chi connectivity index (χ1n) is 11.0. The predicted molar refractivity (Wildman–Crippen MR) is 133 cm³/mol. The fraction of sp³-hybridized carbons (Fsp3) is 0.192. The molecule has 0 aromatic heterocycles. The van der Waals surface area contributed by atoms with Crippen molar-refractivity contribution in [3.05, 3.63) is 94.8 Å². The highest BCUT2D eigenvalue weighted by Crippen LogP contribution is 2.41. The van der Waals surface area contributed by atoms with Gasteiger partial charge in [-0.1, -0.05) is 49.4 Å². The lowest BCUT2D eigenvalue weighted by molar-refractivity contribution is -0.129. The van der Waals surface area contributed by atoms with Gasteiger partial charge in [-0.2, -0.15) is 13.7 Å². The van der Waals surface area contributed by atoms with E-state index in [1.807, 2.05) is 6.07 Å². The van der Waals surface area contributed by atoms with Crippen molar-refractivity contribution in [2.75, 3.05) is 7.05 Å². The molecule has 184 valence electrons. The van der Waals surface area contributed by atoms with Crippen LogP contribution in [0.5, 0.6) is 0 Å². The number of hydrogen-bond acceptors (Lipinski definition) is 6. The van der Waals surface area contributed by atoms with Gasteiger partial charge >= 0.3 is 0 Å². The maximum absolute atomic E-state index is 14.7. The smallest absolute Gasteiger partial charge is 0.271 e. The first kappa shape index (κ1) is 25.0. The first-order valence-corrected chi connectivity index (χ1v) is 12.5. The van der Waals surface area contributed by atoms with Gasteiger partial charge in [-0.05, 0) is 52.9 Å². The number of rotatable bonds is 6. The summed E-state index contributed by atoms with van der Waals surface area (Å²) in [6.45, 7) is 1.64. The third-order valence-electron chi connectivity index (χ3n) is 6.36. The normalized spacial score (nSPS) is 18.6. The van der Waals surface area contributed by atoms with Crippen LogP contribution in [-0.2, 0) is 20.5 Å². The molecule has 4 rings (SSSR count). The number of nitrogens with two attached hydrogens (primary N) is 1. The maximum Gasteiger partial charge on any atom is 0.271 e. The second-order valence-electron chi connectivity index (χ2n) is 8.47. The number of carbonyl (C=O) groups excluding carboxylic acids is 1. The fourth-order valence-electron chi connectivity index (χ4n) is 4.47. The molecule has 2 unspecified atom stereocenters. The molecule has 0 aliphatic carbocycles. The fourth-order valence-corrected chi connectivity index (χ4v) is 5.39. The minimum absolute atomic E-state index is 0.0171. The quantitative estimate of drug-likeness (QED) is 0.489. The van der Waals surface area contributed by atoms with Crippen LogP contribution in [0.3, 0.4) is 0 Å². The Kier molecular flexibility index (Phi) is 6.39. The van der Waals surface area contributed by atoms with Gasteiger partial charge in [0.1, 0.15) is 11.1 Å². The summed E-state index contributed by atoms with van der Waals surface area (Å²) in [7, 11) is -2.83. The molecule has 1 amide bonds. The summed E-state index contributed by atoms with van der Waals surface area (Å²) in [5.41, 5.74) is 6.53. The SMILES string of the molecule is CCC(c1ccc(C2(c3cccc(-c4cc(C#N)ccc4F)c3)N=C(N)N(C)C2=O)cc1)S(=O)(=O)O. The molecule has 0 saturated heterocycles.